The van der Waals surface area contributed by atoms with Crippen molar-refractivity contribution in [3.63, 3.8) is 0 Å². The van der Waals surface area contributed by atoms with Crippen molar-refractivity contribution in [1.82, 2.24) is 0 Å². The van der Waals surface area contributed by atoms with E-state index in [2.05, 4.69) is 25.5 Å². The smallest absolute Gasteiger partial charge is 0.331 e. The Morgan fingerprint density at radius 3 is 2.73 bits per heavy atom. The monoisotopic (exact) mass is 616 g/mol. The summed E-state index contributed by atoms with van der Waals surface area (Å²) in [7, 11) is 1.32. The van der Waals surface area contributed by atoms with Gasteiger partial charge in [0.05, 0.1) is 32.0 Å². The van der Waals surface area contributed by atoms with Crippen LogP contribution in [0.5, 0.6) is 0 Å². The van der Waals surface area contributed by atoms with Crippen molar-refractivity contribution < 1.29 is 47.9 Å². The summed E-state index contributed by atoms with van der Waals surface area (Å²) in [4.78, 5) is 38.0. The van der Waals surface area contributed by atoms with Gasteiger partial charge in [0.25, 0.3) is 0 Å². The third kappa shape index (κ3) is 5.23. The molecule has 0 radical (unpaired) electrons. The molecule has 2 heterocycles. The first-order valence-corrected chi connectivity index (χ1v) is 16.5. The van der Waals surface area contributed by atoms with Crippen LogP contribution in [0.1, 0.15) is 78.6 Å². The van der Waals surface area contributed by atoms with Crippen LogP contribution in [0.15, 0.2) is 23.8 Å². The number of esters is 1. The van der Waals surface area contributed by atoms with Gasteiger partial charge < -0.3 is 33.5 Å². The molecular weight excluding hydrogens is 568 g/mol. The van der Waals surface area contributed by atoms with E-state index in [1.54, 1.807) is 12.2 Å². The number of hydrogen-bond donors (Lipinski definition) is 1. The number of carbonyl (C=O) groups excluding carboxylic acids is 3. The van der Waals surface area contributed by atoms with Gasteiger partial charge in [-0.15, -0.1) is 0 Å². The van der Waals surface area contributed by atoms with Gasteiger partial charge in [0, 0.05) is 16.7 Å². The van der Waals surface area contributed by atoms with E-state index >= 15 is 0 Å². The van der Waals surface area contributed by atoms with Crippen LogP contribution in [0, 0.1) is 28.6 Å². The molecule has 4 aliphatic carbocycles. The lowest BCUT2D eigenvalue weighted by Gasteiger charge is -2.59. The Balaban J connectivity index is 1.20. The molecular formula is C34H48O10. The quantitative estimate of drug-likeness (QED) is 0.362. The van der Waals surface area contributed by atoms with Gasteiger partial charge in [0.1, 0.15) is 13.2 Å². The van der Waals surface area contributed by atoms with E-state index in [1.165, 1.54) is 7.11 Å². The van der Waals surface area contributed by atoms with Crippen molar-refractivity contribution in [3.8, 4) is 0 Å². The number of aliphatic hydroxyl groups is 1. The highest BCUT2D eigenvalue weighted by molar-refractivity contribution is 6.01. The first-order chi connectivity index (χ1) is 21.1. The number of Topliss-reactive ketones (excluding diaryl/α,β-unsaturated/α-hetero) is 1. The molecule has 2 saturated heterocycles. The molecule has 0 aromatic rings. The summed E-state index contributed by atoms with van der Waals surface area (Å²) in [5, 5.41) is 11.9. The molecule has 5 fully saturated rings. The third-order valence-electron chi connectivity index (χ3n) is 11.7. The van der Waals surface area contributed by atoms with Crippen LogP contribution in [0.25, 0.3) is 0 Å². The lowest BCUT2D eigenvalue weighted by molar-refractivity contribution is -0.220. The molecule has 11 atom stereocenters. The standard InChI is InChI=1S/C34H48O10/c1-5-7-30-43-27-15-24-23-11-10-20-14-21(35)12-13-32(20,2)31(23)25(36)16-33(24,3)34(27,44-30)26(37)18-41-29-9-6-8-22(42-29)17-40-19-28(38)39-4/h12-14,22-25,27,29-31,36H,5-11,15-19H2,1-4H3/t22?,23?,24-,25-,27?,29?,30?,31+,32-,33-,34+/m0/s1. The fourth-order valence-corrected chi connectivity index (χ4v) is 9.72. The molecule has 6 aliphatic rings. The molecule has 2 aliphatic heterocycles. The first-order valence-electron chi connectivity index (χ1n) is 16.5. The summed E-state index contributed by atoms with van der Waals surface area (Å²) in [6, 6.07) is 0. The predicted octanol–water partition coefficient (Wildman–Crippen LogP) is 3.83. The highest BCUT2D eigenvalue weighted by Crippen LogP contribution is 2.69. The molecule has 5 unspecified atom stereocenters. The lowest BCUT2D eigenvalue weighted by Crippen LogP contribution is -2.63. The molecule has 0 aromatic carbocycles. The van der Waals surface area contributed by atoms with Crippen LogP contribution in [-0.4, -0.2) is 86.1 Å². The maximum atomic E-state index is 14.5. The summed E-state index contributed by atoms with van der Waals surface area (Å²) in [6.45, 7) is 6.26. The highest BCUT2D eigenvalue weighted by Gasteiger charge is 2.75. The van der Waals surface area contributed by atoms with Gasteiger partial charge in [0.15, 0.2) is 29.7 Å². The largest absolute Gasteiger partial charge is 0.467 e. The zero-order chi connectivity index (χ0) is 31.3. The van der Waals surface area contributed by atoms with E-state index < -0.39 is 47.2 Å². The van der Waals surface area contributed by atoms with Crippen molar-refractivity contribution in [2.24, 2.45) is 28.6 Å². The minimum Gasteiger partial charge on any atom is -0.467 e. The van der Waals surface area contributed by atoms with E-state index in [9.17, 15) is 19.5 Å². The van der Waals surface area contributed by atoms with Crippen LogP contribution < -0.4 is 0 Å². The van der Waals surface area contributed by atoms with Crippen molar-refractivity contribution >= 4 is 17.5 Å². The Bertz CT molecular complexity index is 1200. The SMILES string of the molecule is CCCC1OC2C[C@H]3C4CCC5=CC(=O)C=C[C@]5(C)[C@H]4[C@@H](O)C[C@]3(C)[C@]2(C(=O)COC2CCCC(COCC(=O)OC)O2)O1. The summed E-state index contributed by atoms with van der Waals surface area (Å²) in [6.07, 6.45) is 9.59. The van der Waals surface area contributed by atoms with E-state index in [1.807, 2.05) is 6.08 Å². The number of ether oxygens (including phenoxy) is 6. The van der Waals surface area contributed by atoms with E-state index in [0.29, 0.717) is 25.7 Å². The average Bonchev–Trinajstić information content (AvgIpc) is 3.48. The van der Waals surface area contributed by atoms with Crippen molar-refractivity contribution in [2.75, 3.05) is 26.9 Å². The van der Waals surface area contributed by atoms with Gasteiger partial charge in [-0.2, -0.15) is 0 Å². The number of carbonyl (C=O) groups is 3. The normalized spacial score (nSPS) is 44.3. The molecule has 10 nitrogen and oxygen atoms in total. The van der Waals surface area contributed by atoms with Gasteiger partial charge in [-0.1, -0.05) is 38.8 Å². The van der Waals surface area contributed by atoms with Gasteiger partial charge >= 0.3 is 5.97 Å². The fourth-order valence-electron chi connectivity index (χ4n) is 9.72. The van der Waals surface area contributed by atoms with Crippen molar-refractivity contribution in [1.29, 1.82) is 0 Å². The Morgan fingerprint density at radius 1 is 1.14 bits per heavy atom. The molecule has 244 valence electrons. The molecule has 0 bridgehead atoms. The summed E-state index contributed by atoms with van der Waals surface area (Å²) in [5.41, 5.74) is -1.16. The van der Waals surface area contributed by atoms with Gasteiger partial charge in [-0.25, -0.2) is 4.79 Å². The highest BCUT2D eigenvalue weighted by atomic mass is 16.7. The van der Waals surface area contributed by atoms with Crippen LogP contribution in [0.3, 0.4) is 0 Å². The van der Waals surface area contributed by atoms with Crippen molar-refractivity contribution in [2.45, 2.75) is 115 Å². The second-order valence-electron chi connectivity index (χ2n) is 14.1. The molecule has 0 amide bonds. The Kier molecular flexibility index (Phi) is 8.98. The topological polar surface area (TPSA) is 127 Å². The van der Waals surface area contributed by atoms with Crippen molar-refractivity contribution in [3.05, 3.63) is 23.8 Å². The number of ketones is 2. The molecule has 1 N–H and O–H groups in total. The number of hydrogen-bond acceptors (Lipinski definition) is 10. The molecule has 44 heavy (non-hydrogen) atoms. The van der Waals surface area contributed by atoms with Crippen LogP contribution in [-0.2, 0) is 42.8 Å². The number of allylic oxidation sites excluding steroid dienone is 4. The molecule has 6 rings (SSSR count). The maximum absolute atomic E-state index is 14.5. The Labute approximate surface area is 259 Å². The van der Waals surface area contributed by atoms with E-state index in [0.717, 1.165) is 37.7 Å². The first kappa shape index (κ1) is 32.0. The van der Waals surface area contributed by atoms with Gasteiger partial charge in [-0.3, -0.25) is 9.59 Å². The van der Waals surface area contributed by atoms with E-state index in [-0.39, 0.29) is 55.2 Å². The number of aliphatic hydroxyl groups excluding tert-OH is 1. The number of rotatable bonds is 10. The Hall–Kier alpha value is -1.95. The number of methoxy groups -OCH3 is 1. The van der Waals surface area contributed by atoms with Gasteiger partial charge in [0.2, 0.25) is 0 Å². The Morgan fingerprint density at radius 2 is 1.95 bits per heavy atom. The molecule has 3 saturated carbocycles. The summed E-state index contributed by atoms with van der Waals surface area (Å²) < 4.78 is 35.5. The fraction of sp³-hybridized carbons (Fsp3) is 0.794. The minimum absolute atomic E-state index is 0.0109. The van der Waals surface area contributed by atoms with Crippen LogP contribution in [0.2, 0.25) is 0 Å². The zero-order valence-electron chi connectivity index (χ0n) is 26.5. The summed E-state index contributed by atoms with van der Waals surface area (Å²) >= 11 is 0. The molecule has 0 aromatic heterocycles. The molecule has 0 spiro atoms. The third-order valence-corrected chi connectivity index (χ3v) is 11.7. The number of fused-ring (bicyclic) bond motifs is 7. The van der Waals surface area contributed by atoms with Crippen LogP contribution in [0.4, 0.5) is 0 Å². The van der Waals surface area contributed by atoms with Crippen LogP contribution >= 0.6 is 0 Å². The predicted molar refractivity (Wildman–Crippen MR) is 157 cm³/mol. The van der Waals surface area contributed by atoms with E-state index in [4.69, 9.17) is 23.7 Å². The second kappa shape index (κ2) is 12.3. The maximum Gasteiger partial charge on any atom is 0.331 e. The summed E-state index contributed by atoms with van der Waals surface area (Å²) in [5.74, 6) is -0.372. The van der Waals surface area contributed by atoms with Gasteiger partial charge in [-0.05, 0) is 75.4 Å². The zero-order valence-corrected chi connectivity index (χ0v) is 26.5. The lowest BCUT2D eigenvalue weighted by atomic mass is 9.46. The minimum atomic E-state index is -1.23. The second-order valence-corrected chi connectivity index (χ2v) is 14.1. The average molecular weight is 617 g/mol. The molecule has 10 heteroatoms.